The van der Waals surface area contributed by atoms with E-state index >= 15 is 0 Å². The van der Waals surface area contributed by atoms with E-state index in [1.54, 1.807) is 6.07 Å². The number of benzene rings is 2. The van der Waals surface area contributed by atoms with Crippen LogP contribution >= 0.6 is 0 Å². The highest BCUT2D eigenvalue weighted by Gasteiger charge is 2.11. The van der Waals surface area contributed by atoms with Crippen LogP contribution in [0.4, 0.5) is 0 Å². The molecule has 1 N–H and O–H groups in total. The predicted molar refractivity (Wildman–Crippen MR) is 80.4 cm³/mol. The van der Waals surface area contributed by atoms with E-state index in [4.69, 9.17) is 9.47 Å². The molecule has 2 aromatic carbocycles. The minimum Gasteiger partial charge on any atom is -0.489 e. The molecule has 0 aliphatic rings. The molecule has 0 radical (unpaired) electrons. The van der Waals surface area contributed by atoms with Gasteiger partial charge in [-0.1, -0.05) is 18.2 Å². The molecule has 4 heteroatoms. The third-order valence-corrected chi connectivity index (χ3v) is 3.34. The molecule has 3 rings (SSSR count). The van der Waals surface area contributed by atoms with Gasteiger partial charge in [0, 0.05) is 22.7 Å². The molecule has 106 valence electrons. The van der Waals surface area contributed by atoms with E-state index in [1.807, 2.05) is 48.7 Å². The Hall–Kier alpha value is -2.75. The maximum Gasteiger partial charge on any atom is 0.338 e. The van der Waals surface area contributed by atoms with Crippen molar-refractivity contribution in [1.29, 1.82) is 0 Å². The second-order valence-corrected chi connectivity index (χ2v) is 4.66. The number of aromatic nitrogens is 1. The van der Waals surface area contributed by atoms with Crippen molar-refractivity contribution in [1.82, 2.24) is 4.98 Å². The van der Waals surface area contributed by atoms with Crippen molar-refractivity contribution in [3.63, 3.8) is 0 Å². The van der Waals surface area contributed by atoms with Crippen LogP contribution in [0.3, 0.4) is 0 Å². The average Bonchev–Trinajstić information content (AvgIpc) is 3.00. The number of H-pyrrole nitrogens is 1. The quantitative estimate of drug-likeness (QED) is 0.744. The molecule has 0 aliphatic carbocycles. The molecule has 0 saturated heterocycles. The Morgan fingerprint density at radius 2 is 2.00 bits per heavy atom. The maximum atomic E-state index is 11.7. The fourth-order valence-electron chi connectivity index (χ4n) is 2.24. The second kappa shape index (κ2) is 5.71. The summed E-state index contributed by atoms with van der Waals surface area (Å²) in [6, 6.07) is 15.1. The van der Waals surface area contributed by atoms with Crippen LogP contribution in [-0.4, -0.2) is 18.1 Å². The van der Waals surface area contributed by atoms with Crippen LogP contribution in [0.1, 0.15) is 15.9 Å². The zero-order chi connectivity index (χ0) is 14.7. The lowest BCUT2D eigenvalue weighted by atomic mass is 10.1. The van der Waals surface area contributed by atoms with Crippen molar-refractivity contribution in [2.24, 2.45) is 0 Å². The number of nitrogens with one attached hydrogen (secondary N) is 1. The number of ether oxygens (including phenoxy) is 2. The Morgan fingerprint density at radius 3 is 2.86 bits per heavy atom. The summed E-state index contributed by atoms with van der Waals surface area (Å²) in [6.45, 7) is 0.321. The second-order valence-electron chi connectivity index (χ2n) is 4.66. The summed E-state index contributed by atoms with van der Waals surface area (Å²) < 4.78 is 10.6. The third kappa shape index (κ3) is 2.74. The van der Waals surface area contributed by atoms with Crippen molar-refractivity contribution >= 4 is 16.9 Å². The molecule has 0 fully saturated rings. The van der Waals surface area contributed by atoms with E-state index in [9.17, 15) is 4.79 Å². The number of hydrogen-bond donors (Lipinski definition) is 1. The Morgan fingerprint density at radius 1 is 1.14 bits per heavy atom. The van der Waals surface area contributed by atoms with Crippen molar-refractivity contribution < 1.29 is 14.3 Å². The Bertz CT molecular complexity index is 776. The molecule has 0 amide bonds. The normalized spacial score (nSPS) is 10.5. The predicted octanol–water partition coefficient (Wildman–Crippen LogP) is 3.53. The van der Waals surface area contributed by atoms with E-state index in [2.05, 4.69) is 4.98 Å². The van der Waals surface area contributed by atoms with Crippen LogP contribution in [0.15, 0.2) is 54.7 Å². The lowest BCUT2D eigenvalue weighted by molar-refractivity contribution is 0.0597. The summed E-state index contributed by atoms with van der Waals surface area (Å²) >= 11 is 0. The van der Waals surface area contributed by atoms with Crippen LogP contribution < -0.4 is 4.74 Å². The molecule has 3 aromatic rings. The topological polar surface area (TPSA) is 51.3 Å². The smallest absolute Gasteiger partial charge is 0.338 e. The molecule has 0 spiro atoms. The number of aromatic amines is 1. The summed E-state index contributed by atoms with van der Waals surface area (Å²) in [4.78, 5) is 14.8. The number of rotatable bonds is 4. The lowest BCUT2D eigenvalue weighted by Gasteiger charge is -2.10. The third-order valence-electron chi connectivity index (χ3n) is 3.34. The number of hydrogen-bond acceptors (Lipinski definition) is 3. The minimum absolute atomic E-state index is 0.321. The number of carbonyl (C=O) groups is 1. The van der Waals surface area contributed by atoms with Crippen molar-refractivity contribution in [2.45, 2.75) is 6.61 Å². The van der Waals surface area contributed by atoms with Gasteiger partial charge >= 0.3 is 5.97 Å². The van der Waals surface area contributed by atoms with Crippen molar-refractivity contribution in [3.05, 3.63) is 65.9 Å². The lowest BCUT2D eigenvalue weighted by Crippen LogP contribution is -2.07. The van der Waals surface area contributed by atoms with E-state index in [0.717, 1.165) is 22.2 Å². The van der Waals surface area contributed by atoms with Gasteiger partial charge in [0.05, 0.1) is 12.7 Å². The average molecular weight is 281 g/mol. The zero-order valence-electron chi connectivity index (χ0n) is 11.6. The highest BCUT2D eigenvalue weighted by molar-refractivity contribution is 5.90. The molecule has 0 unspecified atom stereocenters. The van der Waals surface area contributed by atoms with Crippen molar-refractivity contribution in [2.75, 3.05) is 7.11 Å². The van der Waals surface area contributed by atoms with Gasteiger partial charge in [-0.05, 0) is 30.3 Å². The van der Waals surface area contributed by atoms with Crippen LogP contribution in [0, 0.1) is 0 Å². The van der Waals surface area contributed by atoms with Gasteiger partial charge in [-0.2, -0.15) is 0 Å². The molecular formula is C17H15NO3. The summed E-state index contributed by atoms with van der Waals surface area (Å²) in [7, 11) is 1.37. The first-order valence-electron chi connectivity index (χ1n) is 6.64. The van der Waals surface area contributed by atoms with Gasteiger partial charge < -0.3 is 14.5 Å². The Balaban J connectivity index is 1.79. The standard InChI is InChI=1S/C17H15NO3/c1-20-17(19)15-5-3-2-4-13(15)11-21-14-6-7-16-12(10-14)8-9-18-16/h2-10,18H,11H2,1H3. The summed E-state index contributed by atoms with van der Waals surface area (Å²) in [5, 5.41) is 1.09. The van der Waals surface area contributed by atoms with Crippen molar-refractivity contribution in [3.8, 4) is 5.75 Å². The van der Waals surface area contributed by atoms with Gasteiger partial charge in [-0.3, -0.25) is 0 Å². The maximum absolute atomic E-state index is 11.7. The molecule has 1 heterocycles. The zero-order valence-corrected chi connectivity index (χ0v) is 11.6. The van der Waals surface area contributed by atoms with Crippen LogP contribution in [0.2, 0.25) is 0 Å². The largest absolute Gasteiger partial charge is 0.489 e. The minimum atomic E-state index is -0.352. The molecule has 0 bridgehead atoms. The SMILES string of the molecule is COC(=O)c1ccccc1COc1ccc2[nH]ccc2c1. The summed E-state index contributed by atoms with van der Waals surface area (Å²) in [6.07, 6.45) is 1.89. The number of carbonyl (C=O) groups excluding carboxylic acids is 1. The van der Waals surface area contributed by atoms with Gasteiger partial charge in [0.2, 0.25) is 0 Å². The highest BCUT2D eigenvalue weighted by atomic mass is 16.5. The fraction of sp³-hybridized carbons (Fsp3) is 0.118. The van der Waals surface area contributed by atoms with E-state index in [0.29, 0.717) is 12.2 Å². The first-order chi connectivity index (χ1) is 10.3. The summed E-state index contributed by atoms with van der Waals surface area (Å²) in [5.74, 6) is 0.414. The first kappa shape index (κ1) is 13.2. The van der Waals surface area contributed by atoms with Crippen LogP contribution in [-0.2, 0) is 11.3 Å². The van der Waals surface area contributed by atoms with E-state index < -0.39 is 0 Å². The monoisotopic (exact) mass is 281 g/mol. The number of fused-ring (bicyclic) bond motifs is 1. The highest BCUT2D eigenvalue weighted by Crippen LogP contribution is 2.21. The molecule has 0 atom stereocenters. The fourth-order valence-corrected chi connectivity index (χ4v) is 2.24. The molecule has 1 aromatic heterocycles. The number of methoxy groups -OCH3 is 1. The van der Waals surface area contributed by atoms with Crippen LogP contribution in [0.25, 0.3) is 10.9 Å². The van der Waals surface area contributed by atoms with Crippen LogP contribution in [0.5, 0.6) is 5.75 Å². The number of esters is 1. The Kier molecular flexibility index (Phi) is 3.60. The molecule has 4 nitrogen and oxygen atoms in total. The van der Waals surface area contributed by atoms with Gasteiger partial charge in [-0.25, -0.2) is 4.79 Å². The van der Waals surface area contributed by atoms with Gasteiger partial charge in [0.15, 0.2) is 0 Å². The molecule has 21 heavy (non-hydrogen) atoms. The van der Waals surface area contributed by atoms with E-state index in [1.165, 1.54) is 7.11 Å². The molecule has 0 aliphatic heterocycles. The van der Waals surface area contributed by atoms with E-state index in [-0.39, 0.29) is 5.97 Å². The summed E-state index contributed by atoms with van der Waals surface area (Å²) in [5.41, 5.74) is 2.40. The van der Waals surface area contributed by atoms with Gasteiger partial charge in [-0.15, -0.1) is 0 Å². The van der Waals surface area contributed by atoms with Gasteiger partial charge in [0.1, 0.15) is 12.4 Å². The first-order valence-corrected chi connectivity index (χ1v) is 6.64. The van der Waals surface area contributed by atoms with Gasteiger partial charge in [0.25, 0.3) is 0 Å². The molecular weight excluding hydrogens is 266 g/mol. The molecule has 0 saturated carbocycles. The Labute approximate surface area is 122 Å².